The first-order valence-corrected chi connectivity index (χ1v) is 6.93. The van der Waals surface area contributed by atoms with Crippen molar-refractivity contribution >= 4 is 23.1 Å². The largest absolute Gasteiger partial charge is 0.305 e. The lowest BCUT2D eigenvalue weighted by atomic mass is 10.1. The van der Waals surface area contributed by atoms with E-state index >= 15 is 0 Å². The van der Waals surface area contributed by atoms with Crippen molar-refractivity contribution in [2.24, 2.45) is 0 Å². The molecular weight excluding hydrogens is 212 g/mol. The number of thiazole rings is 1. The summed E-state index contributed by atoms with van der Waals surface area (Å²) < 4.78 is 0. The van der Waals surface area contributed by atoms with Crippen LogP contribution in [0, 0.1) is 0 Å². The van der Waals surface area contributed by atoms with E-state index in [0.717, 1.165) is 6.54 Å². The van der Waals surface area contributed by atoms with Crippen LogP contribution in [0.3, 0.4) is 0 Å². The SMILES string of the molecule is CCSCCNC(C)(C)c1nccs1. The second kappa shape index (κ2) is 5.73. The van der Waals surface area contributed by atoms with Gasteiger partial charge in [-0.1, -0.05) is 6.92 Å². The summed E-state index contributed by atoms with van der Waals surface area (Å²) in [7, 11) is 0. The van der Waals surface area contributed by atoms with Crippen LogP contribution >= 0.6 is 23.1 Å². The Morgan fingerprint density at radius 3 is 2.93 bits per heavy atom. The van der Waals surface area contributed by atoms with Crippen molar-refractivity contribution < 1.29 is 0 Å². The minimum atomic E-state index is 0.0163. The molecule has 0 atom stereocenters. The highest BCUT2D eigenvalue weighted by Crippen LogP contribution is 2.21. The summed E-state index contributed by atoms with van der Waals surface area (Å²) >= 11 is 3.68. The van der Waals surface area contributed by atoms with Crippen LogP contribution in [0.1, 0.15) is 25.8 Å². The molecule has 1 aromatic heterocycles. The Kier molecular flexibility index (Phi) is 4.92. The van der Waals surface area contributed by atoms with Gasteiger partial charge in [-0.15, -0.1) is 11.3 Å². The molecule has 0 fully saturated rings. The quantitative estimate of drug-likeness (QED) is 0.761. The van der Waals surface area contributed by atoms with Gasteiger partial charge >= 0.3 is 0 Å². The number of hydrogen-bond acceptors (Lipinski definition) is 4. The van der Waals surface area contributed by atoms with Crippen molar-refractivity contribution in [1.29, 1.82) is 0 Å². The summed E-state index contributed by atoms with van der Waals surface area (Å²) in [6, 6.07) is 0. The second-order valence-corrected chi connectivity index (χ2v) is 5.87. The van der Waals surface area contributed by atoms with Crippen molar-refractivity contribution in [3.05, 3.63) is 16.6 Å². The highest BCUT2D eigenvalue weighted by molar-refractivity contribution is 7.99. The third kappa shape index (κ3) is 3.59. The van der Waals surface area contributed by atoms with E-state index in [1.165, 1.54) is 16.5 Å². The van der Waals surface area contributed by atoms with Gasteiger partial charge in [-0.25, -0.2) is 4.98 Å². The molecule has 4 heteroatoms. The lowest BCUT2D eigenvalue weighted by Crippen LogP contribution is -2.37. The van der Waals surface area contributed by atoms with E-state index in [4.69, 9.17) is 0 Å². The summed E-state index contributed by atoms with van der Waals surface area (Å²) in [5, 5.41) is 6.72. The van der Waals surface area contributed by atoms with E-state index in [1.54, 1.807) is 11.3 Å². The molecule has 0 aromatic carbocycles. The maximum atomic E-state index is 4.34. The zero-order valence-corrected chi connectivity index (χ0v) is 10.7. The lowest BCUT2D eigenvalue weighted by Gasteiger charge is -2.23. The van der Waals surface area contributed by atoms with Crippen molar-refractivity contribution in [3.8, 4) is 0 Å². The van der Waals surface area contributed by atoms with E-state index in [0.29, 0.717) is 0 Å². The third-order valence-corrected chi connectivity index (χ3v) is 3.98. The van der Waals surface area contributed by atoms with Gasteiger partial charge in [0.2, 0.25) is 0 Å². The molecule has 0 radical (unpaired) electrons. The van der Waals surface area contributed by atoms with Crippen LogP contribution in [-0.2, 0) is 5.54 Å². The monoisotopic (exact) mass is 230 g/mol. The van der Waals surface area contributed by atoms with Crippen LogP contribution in [0.2, 0.25) is 0 Å². The lowest BCUT2D eigenvalue weighted by molar-refractivity contribution is 0.415. The molecule has 0 saturated carbocycles. The Balaban J connectivity index is 2.35. The van der Waals surface area contributed by atoms with Gasteiger partial charge < -0.3 is 5.32 Å². The maximum absolute atomic E-state index is 4.34. The highest BCUT2D eigenvalue weighted by Gasteiger charge is 2.21. The standard InChI is InChI=1S/C10H18N2S2/c1-4-13-7-6-12-10(2,3)9-11-5-8-14-9/h5,8,12H,4,6-7H2,1-3H3. The van der Waals surface area contributed by atoms with Gasteiger partial charge in [0.1, 0.15) is 5.01 Å². The van der Waals surface area contributed by atoms with Gasteiger partial charge in [0.15, 0.2) is 0 Å². The average molecular weight is 230 g/mol. The van der Waals surface area contributed by atoms with Crippen LogP contribution in [0.5, 0.6) is 0 Å². The van der Waals surface area contributed by atoms with E-state index < -0.39 is 0 Å². The molecular formula is C10H18N2S2. The molecule has 0 saturated heterocycles. The molecule has 0 spiro atoms. The summed E-state index contributed by atoms with van der Waals surface area (Å²) in [6.07, 6.45) is 1.87. The average Bonchev–Trinajstić information content (AvgIpc) is 2.65. The first-order chi connectivity index (χ1) is 6.67. The van der Waals surface area contributed by atoms with Gasteiger partial charge in [0.05, 0.1) is 5.54 Å². The van der Waals surface area contributed by atoms with Gasteiger partial charge in [-0.3, -0.25) is 0 Å². The fraction of sp³-hybridized carbons (Fsp3) is 0.700. The molecule has 0 aliphatic heterocycles. The predicted octanol–water partition coefficient (Wildman–Crippen LogP) is 2.72. The van der Waals surface area contributed by atoms with E-state index in [-0.39, 0.29) is 5.54 Å². The van der Waals surface area contributed by atoms with Crippen molar-refractivity contribution in [1.82, 2.24) is 10.3 Å². The summed E-state index contributed by atoms with van der Waals surface area (Å²) in [5.41, 5.74) is 0.0163. The third-order valence-electron chi connectivity index (χ3n) is 1.98. The van der Waals surface area contributed by atoms with E-state index in [9.17, 15) is 0 Å². The number of rotatable bonds is 6. The van der Waals surface area contributed by atoms with Gasteiger partial charge in [-0.2, -0.15) is 11.8 Å². The van der Waals surface area contributed by atoms with Crippen molar-refractivity contribution in [2.45, 2.75) is 26.3 Å². The Morgan fingerprint density at radius 2 is 2.36 bits per heavy atom. The first-order valence-electron chi connectivity index (χ1n) is 4.89. The minimum absolute atomic E-state index is 0.0163. The zero-order chi connectivity index (χ0) is 10.4. The number of nitrogens with one attached hydrogen (secondary N) is 1. The summed E-state index contributed by atoms with van der Waals surface area (Å²) in [6.45, 7) is 7.60. The normalized spacial score (nSPS) is 11.9. The van der Waals surface area contributed by atoms with Crippen LogP contribution in [-0.4, -0.2) is 23.0 Å². The minimum Gasteiger partial charge on any atom is -0.305 e. The Labute approximate surface area is 94.5 Å². The van der Waals surface area contributed by atoms with Gasteiger partial charge in [0, 0.05) is 23.9 Å². The van der Waals surface area contributed by atoms with Crippen LogP contribution in [0.15, 0.2) is 11.6 Å². The predicted molar refractivity (Wildman–Crippen MR) is 66.1 cm³/mol. The number of aromatic nitrogens is 1. The molecule has 80 valence electrons. The fourth-order valence-corrected chi connectivity index (χ4v) is 2.46. The number of hydrogen-bond donors (Lipinski definition) is 1. The molecule has 14 heavy (non-hydrogen) atoms. The molecule has 1 N–H and O–H groups in total. The zero-order valence-electron chi connectivity index (χ0n) is 9.04. The maximum Gasteiger partial charge on any atom is 0.112 e. The smallest absolute Gasteiger partial charge is 0.112 e. The Hall–Kier alpha value is -0.0600. The molecule has 2 nitrogen and oxygen atoms in total. The highest BCUT2D eigenvalue weighted by atomic mass is 32.2. The Bertz CT molecular complexity index is 245. The van der Waals surface area contributed by atoms with Crippen molar-refractivity contribution in [2.75, 3.05) is 18.1 Å². The van der Waals surface area contributed by atoms with Crippen LogP contribution < -0.4 is 5.32 Å². The topological polar surface area (TPSA) is 24.9 Å². The molecule has 0 aliphatic carbocycles. The molecule has 1 aromatic rings. The molecule has 1 heterocycles. The molecule has 0 bridgehead atoms. The first kappa shape index (κ1) is 12.0. The fourth-order valence-electron chi connectivity index (χ4n) is 1.19. The van der Waals surface area contributed by atoms with Crippen LogP contribution in [0.25, 0.3) is 0 Å². The van der Waals surface area contributed by atoms with E-state index in [2.05, 4.69) is 31.1 Å². The molecule has 0 amide bonds. The van der Waals surface area contributed by atoms with E-state index in [1.807, 2.05) is 23.3 Å². The molecule has 1 rings (SSSR count). The van der Waals surface area contributed by atoms with Crippen molar-refractivity contribution in [3.63, 3.8) is 0 Å². The number of nitrogens with zero attached hydrogens (tertiary/aromatic N) is 1. The number of thioether (sulfide) groups is 1. The van der Waals surface area contributed by atoms with Gasteiger partial charge in [-0.05, 0) is 19.6 Å². The summed E-state index contributed by atoms with van der Waals surface area (Å²) in [4.78, 5) is 4.34. The second-order valence-electron chi connectivity index (χ2n) is 3.59. The van der Waals surface area contributed by atoms with Crippen LogP contribution in [0.4, 0.5) is 0 Å². The summed E-state index contributed by atoms with van der Waals surface area (Å²) in [5.74, 6) is 2.37. The van der Waals surface area contributed by atoms with Gasteiger partial charge in [0.25, 0.3) is 0 Å². The molecule has 0 aliphatic rings. The molecule has 0 unspecified atom stereocenters. The Morgan fingerprint density at radius 1 is 1.57 bits per heavy atom.